The molecule has 2 rings (SSSR count). The lowest BCUT2D eigenvalue weighted by molar-refractivity contribution is 0.0646. The van der Waals surface area contributed by atoms with Crippen LogP contribution in [0.5, 0.6) is 0 Å². The summed E-state index contributed by atoms with van der Waals surface area (Å²) in [6, 6.07) is 1.38. The van der Waals surface area contributed by atoms with Gasteiger partial charge in [-0.2, -0.15) is 0 Å². The Balaban J connectivity index is 2.39. The zero-order chi connectivity index (χ0) is 14.9. The van der Waals surface area contributed by atoms with E-state index in [4.69, 9.17) is 10.2 Å². The van der Waals surface area contributed by atoms with Crippen molar-refractivity contribution < 1.29 is 19.8 Å². The number of nitrogens with zero attached hydrogens (tertiary/aromatic N) is 2. The van der Waals surface area contributed by atoms with Crippen molar-refractivity contribution >= 4 is 22.4 Å². The number of aromatic carboxylic acids is 2. The fourth-order valence-electron chi connectivity index (χ4n) is 1.75. The van der Waals surface area contributed by atoms with E-state index in [1.165, 1.54) is 12.3 Å². The molecule has 0 saturated heterocycles. The molecule has 2 aromatic rings. The Morgan fingerprint density at radius 2 is 1.90 bits per heavy atom. The maximum Gasteiger partial charge on any atom is 0.355 e. The first kappa shape index (κ1) is 14.1. The van der Waals surface area contributed by atoms with E-state index in [-0.39, 0.29) is 16.0 Å². The van der Waals surface area contributed by atoms with E-state index in [1.807, 2.05) is 19.4 Å². The average Bonchev–Trinajstić information content (AvgIpc) is 2.70. The molecule has 1 atom stereocenters. The van der Waals surface area contributed by atoms with Crippen LogP contribution in [0.15, 0.2) is 17.8 Å². The number of carbonyl (C=O) groups is 2. The van der Waals surface area contributed by atoms with Crippen LogP contribution in [-0.4, -0.2) is 32.1 Å². The molecule has 0 amide bonds. The molecule has 0 radical (unpaired) electrons. The van der Waals surface area contributed by atoms with Gasteiger partial charge in [-0.05, 0) is 13.0 Å². The normalized spacial score (nSPS) is 11.4. The fraction of sp³-hybridized carbons (Fsp3) is 0.231. The zero-order valence-electron chi connectivity index (χ0n) is 11.0. The summed E-state index contributed by atoms with van der Waals surface area (Å²) in [5, 5.41) is 18.0. The monoisotopic (exact) mass is 293 g/mol. The summed E-state index contributed by atoms with van der Waals surface area (Å²) in [4.78, 5) is 31.2. The second kappa shape index (κ2) is 5.38. The summed E-state index contributed by atoms with van der Waals surface area (Å²) >= 11 is 0. The summed E-state index contributed by atoms with van der Waals surface area (Å²) in [5.74, 6) is -2.05. The van der Waals surface area contributed by atoms with Gasteiger partial charge < -0.3 is 10.2 Å². The highest BCUT2D eigenvalue weighted by Gasteiger charge is 2.21. The molecule has 20 heavy (non-hydrogen) atoms. The molecule has 0 aliphatic carbocycles. The van der Waals surface area contributed by atoms with Gasteiger partial charge in [0.05, 0.1) is 11.3 Å². The summed E-state index contributed by atoms with van der Waals surface area (Å²) in [5.41, 5.74) is 2.79. The Hall–Kier alpha value is -2.28. The first-order chi connectivity index (χ1) is 9.40. The minimum absolute atomic E-state index is 0.184. The van der Waals surface area contributed by atoms with Crippen LogP contribution in [0, 0.1) is 13.8 Å². The zero-order valence-corrected chi connectivity index (χ0v) is 11.8. The standard InChI is InChI=1S/C13H12N2O4S/c1-7-8(2)20(6-15-7)5-9-3-10(12(16)17)11(13(18)19)14-4-9/h3-4,6H,5H2,1-2H3,(H-,16,17,18,19)/p+1. The van der Waals surface area contributed by atoms with Crippen molar-refractivity contribution in [3.05, 3.63) is 45.2 Å². The Bertz CT molecular complexity index is 694. The number of aryl methyl sites for hydroxylation is 1. The molecule has 2 N–H and O–H groups in total. The summed E-state index contributed by atoms with van der Waals surface area (Å²) in [6.07, 6.45) is 1.41. The van der Waals surface area contributed by atoms with E-state index in [0.29, 0.717) is 11.3 Å². The van der Waals surface area contributed by atoms with Gasteiger partial charge in [0.2, 0.25) is 5.51 Å². The molecule has 0 aromatic carbocycles. The van der Waals surface area contributed by atoms with E-state index >= 15 is 0 Å². The van der Waals surface area contributed by atoms with Gasteiger partial charge in [-0.25, -0.2) is 19.6 Å². The van der Waals surface area contributed by atoms with Gasteiger partial charge in [-0.1, -0.05) is 0 Å². The molecule has 0 aliphatic heterocycles. The van der Waals surface area contributed by atoms with Crippen LogP contribution >= 0.6 is 10.5 Å². The van der Waals surface area contributed by atoms with Gasteiger partial charge in [0.1, 0.15) is 0 Å². The molecular formula is C13H13N2O4S+. The smallest absolute Gasteiger partial charge is 0.355 e. The molecule has 0 saturated carbocycles. The van der Waals surface area contributed by atoms with Crippen molar-refractivity contribution in [2.24, 2.45) is 0 Å². The largest absolute Gasteiger partial charge is 0.478 e. The SMILES string of the molecule is Cc1nc[s+](Cc2cnc(C(=O)O)c(C(=O)O)c2)c1C. The van der Waals surface area contributed by atoms with Gasteiger partial charge >= 0.3 is 11.9 Å². The molecule has 2 aromatic heterocycles. The Labute approximate surface area is 117 Å². The molecule has 104 valence electrons. The molecule has 0 fully saturated rings. The Morgan fingerprint density at radius 3 is 2.40 bits per heavy atom. The lowest BCUT2D eigenvalue weighted by Crippen LogP contribution is -2.11. The highest BCUT2D eigenvalue weighted by molar-refractivity contribution is 7.29. The summed E-state index contributed by atoms with van der Waals surface area (Å²) in [6.45, 7) is 3.91. The molecule has 0 spiro atoms. The Kier molecular flexibility index (Phi) is 3.80. The van der Waals surface area contributed by atoms with Crippen LogP contribution in [0.3, 0.4) is 0 Å². The van der Waals surface area contributed by atoms with E-state index in [0.717, 1.165) is 10.6 Å². The third-order valence-corrected chi connectivity index (χ3v) is 5.06. The number of carboxylic acid groups (broad SMARTS) is 2. The van der Waals surface area contributed by atoms with Crippen LogP contribution in [0.2, 0.25) is 0 Å². The summed E-state index contributed by atoms with van der Waals surface area (Å²) in [7, 11) is -0.184. The van der Waals surface area contributed by atoms with Gasteiger partial charge in [-0.3, -0.25) is 0 Å². The van der Waals surface area contributed by atoms with E-state index in [1.54, 1.807) is 0 Å². The van der Waals surface area contributed by atoms with Gasteiger partial charge in [0, 0.05) is 29.2 Å². The number of thiazole rings is 1. The number of hydrogen-bond acceptors (Lipinski definition) is 4. The lowest BCUT2D eigenvalue weighted by atomic mass is 10.1. The van der Waals surface area contributed by atoms with Crippen molar-refractivity contribution in [3.63, 3.8) is 0 Å². The third kappa shape index (κ3) is 2.67. The number of rotatable bonds is 4. The molecule has 7 heteroatoms. The van der Waals surface area contributed by atoms with E-state index in [2.05, 4.69) is 9.97 Å². The van der Waals surface area contributed by atoms with Gasteiger partial charge in [0.15, 0.2) is 16.3 Å². The highest BCUT2D eigenvalue weighted by Crippen LogP contribution is 2.29. The molecular weight excluding hydrogens is 280 g/mol. The third-order valence-electron chi connectivity index (χ3n) is 2.98. The summed E-state index contributed by atoms with van der Waals surface area (Å²) < 4.78 is 0. The maximum absolute atomic E-state index is 11.1. The minimum Gasteiger partial charge on any atom is -0.478 e. The fourth-order valence-corrected chi connectivity index (χ4v) is 3.43. The minimum atomic E-state index is -1.34. The lowest BCUT2D eigenvalue weighted by Gasteiger charge is -2.02. The van der Waals surface area contributed by atoms with Crippen LogP contribution in [0.1, 0.15) is 37.0 Å². The van der Waals surface area contributed by atoms with Crippen molar-refractivity contribution in [1.82, 2.24) is 9.97 Å². The van der Waals surface area contributed by atoms with Crippen LogP contribution in [0.4, 0.5) is 0 Å². The first-order valence-corrected chi connectivity index (χ1v) is 7.22. The highest BCUT2D eigenvalue weighted by atomic mass is 32.2. The van der Waals surface area contributed by atoms with Crippen molar-refractivity contribution in [2.75, 3.05) is 0 Å². The first-order valence-electron chi connectivity index (χ1n) is 5.77. The van der Waals surface area contributed by atoms with Crippen molar-refractivity contribution in [1.29, 1.82) is 0 Å². The van der Waals surface area contributed by atoms with Crippen LogP contribution < -0.4 is 0 Å². The van der Waals surface area contributed by atoms with Crippen LogP contribution in [-0.2, 0) is 5.75 Å². The number of aromatic nitrogens is 2. The molecule has 2 heterocycles. The van der Waals surface area contributed by atoms with E-state index in [9.17, 15) is 9.59 Å². The molecule has 6 nitrogen and oxygen atoms in total. The van der Waals surface area contributed by atoms with Crippen molar-refractivity contribution in [2.45, 2.75) is 19.6 Å². The molecule has 0 aliphatic rings. The van der Waals surface area contributed by atoms with Crippen molar-refractivity contribution in [3.8, 4) is 0 Å². The van der Waals surface area contributed by atoms with Gasteiger partial charge in [-0.15, -0.1) is 0 Å². The second-order valence-electron chi connectivity index (χ2n) is 4.30. The quantitative estimate of drug-likeness (QED) is 0.839. The second-order valence-corrected chi connectivity index (χ2v) is 6.27. The predicted molar refractivity (Wildman–Crippen MR) is 73.4 cm³/mol. The van der Waals surface area contributed by atoms with E-state index < -0.39 is 17.6 Å². The van der Waals surface area contributed by atoms with Crippen LogP contribution in [0.25, 0.3) is 0 Å². The van der Waals surface area contributed by atoms with Gasteiger partial charge in [0.25, 0.3) is 0 Å². The number of hydrogen-bond donors (Lipinski definition) is 2. The molecule has 1 unspecified atom stereocenters. The Morgan fingerprint density at radius 1 is 1.20 bits per heavy atom. The average molecular weight is 293 g/mol. The topological polar surface area (TPSA) is 100 Å². The molecule has 0 bridgehead atoms. The maximum atomic E-state index is 11.1. The predicted octanol–water partition coefficient (Wildman–Crippen LogP) is 2.29. The number of carboxylic acids is 2. The number of pyridine rings is 1.